The Morgan fingerprint density at radius 2 is 2.32 bits per heavy atom. The molecule has 4 rings (SSSR count). The van der Waals surface area contributed by atoms with Crippen LogP contribution in [0.3, 0.4) is 0 Å². The van der Waals surface area contributed by atoms with Crippen LogP contribution < -0.4 is 5.56 Å². The van der Waals surface area contributed by atoms with Gasteiger partial charge in [0, 0.05) is 42.9 Å². The summed E-state index contributed by atoms with van der Waals surface area (Å²) in [5.41, 5.74) is 1.91. The Morgan fingerprint density at radius 3 is 3.05 bits per heavy atom. The molecule has 2 aromatic rings. The van der Waals surface area contributed by atoms with Gasteiger partial charge in [-0.25, -0.2) is 4.98 Å². The van der Waals surface area contributed by atoms with Crippen LogP contribution in [0.1, 0.15) is 30.7 Å². The van der Waals surface area contributed by atoms with Crippen molar-refractivity contribution in [1.29, 1.82) is 0 Å². The highest BCUT2D eigenvalue weighted by Crippen LogP contribution is 2.30. The summed E-state index contributed by atoms with van der Waals surface area (Å²) in [7, 11) is 0. The van der Waals surface area contributed by atoms with Crippen molar-refractivity contribution in [1.82, 2.24) is 14.3 Å². The molecule has 1 saturated heterocycles. The van der Waals surface area contributed by atoms with Gasteiger partial charge in [0.25, 0.3) is 5.56 Å². The molecule has 22 heavy (non-hydrogen) atoms. The van der Waals surface area contributed by atoms with Crippen molar-refractivity contribution in [3.8, 4) is 0 Å². The van der Waals surface area contributed by atoms with Crippen molar-refractivity contribution in [3.63, 3.8) is 0 Å². The number of ether oxygens (including phenoxy) is 1. The van der Waals surface area contributed by atoms with Crippen molar-refractivity contribution in [2.75, 3.05) is 19.8 Å². The normalized spacial score (nSPS) is 22.0. The summed E-state index contributed by atoms with van der Waals surface area (Å²) in [5, 5.41) is 1.99. The lowest BCUT2D eigenvalue weighted by molar-refractivity contribution is 0.161. The molecular formula is C16H21N3O2S. The van der Waals surface area contributed by atoms with Crippen LogP contribution in [0, 0.1) is 12.8 Å². The molecule has 0 aromatic carbocycles. The molecule has 1 aliphatic heterocycles. The van der Waals surface area contributed by atoms with Crippen LogP contribution >= 0.6 is 11.3 Å². The molecule has 1 aliphatic carbocycles. The summed E-state index contributed by atoms with van der Waals surface area (Å²) in [6.45, 7) is 5.56. The number of hydrogen-bond acceptors (Lipinski definition) is 5. The van der Waals surface area contributed by atoms with Crippen LogP contribution in [-0.4, -0.2) is 40.1 Å². The molecule has 0 N–H and O–H groups in total. The molecule has 2 aliphatic rings. The van der Waals surface area contributed by atoms with Gasteiger partial charge < -0.3 is 4.74 Å². The Labute approximate surface area is 133 Å². The summed E-state index contributed by atoms with van der Waals surface area (Å²) < 4.78 is 7.19. The van der Waals surface area contributed by atoms with E-state index in [9.17, 15) is 4.79 Å². The first-order valence-electron chi connectivity index (χ1n) is 7.99. The van der Waals surface area contributed by atoms with Crippen LogP contribution in [0.5, 0.6) is 0 Å². The standard InChI is InChI=1S/C16H21N3O2S/c1-11-10-22-16-17-13(6-15(20)19(11)16)8-18(14-2-3-14)7-12-4-5-21-9-12/h6,10,12,14H,2-5,7-9H2,1H3/t12-/m0/s1. The highest BCUT2D eigenvalue weighted by Gasteiger charge is 2.32. The van der Waals surface area contributed by atoms with Gasteiger partial charge in [-0.15, -0.1) is 11.3 Å². The van der Waals surface area contributed by atoms with Gasteiger partial charge in [-0.05, 0) is 32.1 Å². The first-order chi connectivity index (χ1) is 10.7. The van der Waals surface area contributed by atoms with Crippen molar-refractivity contribution in [3.05, 3.63) is 33.2 Å². The Kier molecular flexibility index (Phi) is 3.76. The van der Waals surface area contributed by atoms with Crippen LogP contribution in [0.25, 0.3) is 4.96 Å². The number of aromatic nitrogens is 2. The minimum Gasteiger partial charge on any atom is -0.381 e. The molecule has 2 aromatic heterocycles. The van der Waals surface area contributed by atoms with Crippen molar-refractivity contribution in [2.45, 2.75) is 38.8 Å². The molecule has 2 fully saturated rings. The average molecular weight is 319 g/mol. The Hall–Kier alpha value is -1.24. The van der Waals surface area contributed by atoms with E-state index in [1.54, 1.807) is 10.5 Å². The third-order valence-corrected chi connectivity index (χ3v) is 5.52. The van der Waals surface area contributed by atoms with E-state index < -0.39 is 0 Å². The quantitative estimate of drug-likeness (QED) is 0.846. The second-order valence-corrected chi connectivity index (χ2v) is 7.31. The van der Waals surface area contributed by atoms with Crippen LogP contribution in [-0.2, 0) is 11.3 Å². The Bertz CT molecular complexity index is 729. The molecular weight excluding hydrogens is 298 g/mol. The van der Waals surface area contributed by atoms with Crippen molar-refractivity contribution < 1.29 is 4.74 Å². The van der Waals surface area contributed by atoms with Gasteiger partial charge in [0.1, 0.15) is 0 Å². The molecule has 5 nitrogen and oxygen atoms in total. The van der Waals surface area contributed by atoms with Gasteiger partial charge in [-0.3, -0.25) is 14.1 Å². The first-order valence-corrected chi connectivity index (χ1v) is 8.87. The van der Waals surface area contributed by atoms with E-state index in [4.69, 9.17) is 4.74 Å². The molecule has 118 valence electrons. The fourth-order valence-electron chi connectivity index (χ4n) is 3.23. The van der Waals surface area contributed by atoms with E-state index in [-0.39, 0.29) is 5.56 Å². The second-order valence-electron chi connectivity index (χ2n) is 6.47. The second kappa shape index (κ2) is 5.76. The third kappa shape index (κ3) is 2.83. The number of thiazole rings is 1. The Morgan fingerprint density at radius 1 is 1.45 bits per heavy atom. The number of nitrogens with zero attached hydrogens (tertiary/aromatic N) is 3. The predicted octanol–water partition coefficient (Wildman–Crippen LogP) is 2.07. The molecule has 0 radical (unpaired) electrons. The third-order valence-electron chi connectivity index (χ3n) is 4.57. The Balaban J connectivity index is 1.56. The van der Waals surface area contributed by atoms with Crippen molar-refractivity contribution >= 4 is 16.3 Å². The number of aryl methyl sites for hydroxylation is 1. The highest BCUT2D eigenvalue weighted by molar-refractivity contribution is 7.15. The lowest BCUT2D eigenvalue weighted by Gasteiger charge is -2.24. The van der Waals surface area contributed by atoms with Crippen LogP contribution in [0.2, 0.25) is 0 Å². The molecule has 1 saturated carbocycles. The molecule has 6 heteroatoms. The summed E-state index contributed by atoms with van der Waals surface area (Å²) in [6.07, 6.45) is 3.70. The fourth-order valence-corrected chi connectivity index (χ4v) is 4.12. The van der Waals surface area contributed by atoms with Gasteiger partial charge in [0.2, 0.25) is 0 Å². The maximum absolute atomic E-state index is 12.3. The summed E-state index contributed by atoms with van der Waals surface area (Å²) in [6, 6.07) is 2.37. The molecule has 3 heterocycles. The topological polar surface area (TPSA) is 46.8 Å². The zero-order valence-electron chi connectivity index (χ0n) is 12.8. The summed E-state index contributed by atoms with van der Waals surface area (Å²) >= 11 is 1.54. The monoisotopic (exact) mass is 319 g/mol. The van der Waals surface area contributed by atoms with Gasteiger partial charge in [0.05, 0.1) is 12.3 Å². The predicted molar refractivity (Wildman–Crippen MR) is 86.4 cm³/mol. The van der Waals surface area contributed by atoms with E-state index in [1.165, 1.54) is 24.2 Å². The largest absolute Gasteiger partial charge is 0.381 e. The number of hydrogen-bond donors (Lipinski definition) is 0. The van der Waals surface area contributed by atoms with E-state index in [0.29, 0.717) is 12.0 Å². The number of rotatable bonds is 5. The summed E-state index contributed by atoms with van der Waals surface area (Å²) in [4.78, 5) is 20.3. The lowest BCUT2D eigenvalue weighted by atomic mass is 10.1. The first kappa shape index (κ1) is 14.4. The SMILES string of the molecule is Cc1csc2nc(CN(C[C@@H]3CCOC3)C3CC3)cc(=O)n12. The van der Waals surface area contributed by atoms with Gasteiger partial charge in [0.15, 0.2) is 4.96 Å². The average Bonchev–Trinajstić information content (AvgIpc) is 3.09. The molecule has 0 spiro atoms. The van der Waals surface area contributed by atoms with E-state index in [2.05, 4.69) is 9.88 Å². The van der Waals surface area contributed by atoms with Crippen LogP contribution in [0.4, 0.5) is 0 Å². The number of fused-ring (bicyclic) bond motifs is 1. The maximum atomic E-state index is 12.3. The minimum atomic E-state index is 0.0405. The summed E-state index contributed by atoms with van der Waals surface area (Å²) in [5.74, 6) is 0.634. The lowest BCUT2D eigenvalue weighted by Crippen LogP contribution is -2.32. The van der Waals surface area contributed by atoms with E-state index in [0.717, 1.165) is 49.1 Å². The molecule has 1 atom stereocenters. The molecule has 0 unspecified atom stereocenters. The van der Waals surface area contributed by atoms with Crippen LogP contribution in [0.15, 0.2) is 16.2 Å². The van der Waals surface area contributed by atoms with E-state index >= 15 is 0 Å². The zero-order valence-corrected chi connectivity index (χ0v) is 13.6. The molecule has 0 bridgehead atoms. The smallest absolute Gasteiger partial charge is 0.259 e. The fraction of sp³-hybridized carbons (Fsp3) is 0.625. The minimum absolute atomic E-state index is 0.0405. The highest BCUT2D eigenvalue weighted by atomic mass is 32.1. The van der Waals surface area contributed by atoms with Crippen molar-refractivity contribution in [2.24, 2.45) is 5.92 Å². The van der Waals surface area contributed by atoms with Gasteiger partial charge in [-0.1, -0.05) is 0 Å². The van der Waals surface area contributed by atoms with Gasteiger partial charge in [-0.2, -0.15) is 0 Å². The zero-order chi connectivity index (χ0) is 15.1. The molecule has 0 amide bonds. The maximum Gasteiger partial charge on any atom is 0.259 e. The van der Waals surface area contributed by atoms with Gasteiger partial charge >= 0.3 is 0 Å². The van der Waals surface area contributed by atoms with E-state index in [1.807, 2.05) is 12.3 Å².